The predicted molar refractivity (Wildman–Crippen MR) is 48.3 cm³/mol. The van der Waals surface area contributed by atoms with Crippen molar-refractivity contribution in [3.63, 3.8) is 0 Å². The number of rotatable bonds is 3. The first-order chi connectivity index (χ1) is 6.50. The lowest BCUT2D eigenvalue weighted by molar-refractivity contribution is -0.390. The van der Waals surface area contributed by atoms with E-state index < -0.39 is 16.5 Å². The average molecular weight is 198 g/mol. The van der Waals surface area contributed by atoms with Gasteiger partial charge in [-0.05, 0) is 24.8 Å². The third-order valence-electron chi connectivity index (χ3n) is 1.36. The molecule has 0 aliphatic carbocycles. The monoisotopic (exact) mass is 198 g/mol. The first-order valence-electron chi connectivity index (χ1n) is 4.01. The van der Waals surface area contributed by atoms with Gasteiger partial charge in [-0.15, -0.1) is 0 Å². The largest absolute Gasteiger partial charge is 0.501 e. The molecule has 0 bridgehead atoms. The van der Waals surface area contributed by atoms with Gasteiger partial charge in [-0.3, -0.25) is 0 Å². The minimum atomic E-state index is -0.761. The van der Waals surface area contributed by atoms with Gasteiger partial charge in [-0.1, -0.05) is 0 Å². The van der Waals surface area contributed by atoms with Gasteiger partial charge in [0.2, 0.25) is 5.75 Å². The van der Waals surface area contributed by atoms with Crippen LogP contribution in [0.25, 0.3) is 0 Å². The van der Waals surface area contributed by atoms with E-state index in [9.17, 15) is 10.1 Å². The van der Waals surface area contributed by atoms with Crippen molar-refractivity contribution in [2.75, 3.05) is 0 Å². The second-order valence-corrected chi connectivity index (χ2v) is 2.92. The molecule has 0 unspecified atom stereocenters. The highest BCUT2D eigenvalue weighted by Crippen LogP contribution is 2.25. The summed E-state index contributed by atoms with van der Waals surface area (Å²) in [7, 11) is 0. The molecule has 0 aliphatic rings. The molecule has 1 aromatic heterocycles. The van der Waals surface area contributed by atoms with E-state index in [1.807, 2.05) is 0 Å². The Morgan fingerprint density at radius 2 is 2.21 bits per heavy atom. The van der Waals surface area contributed by atoms with Gasteiger partial charge in [0.05, 0.1) is 6.10 Å². The normalized spacial score (nSPS) is 10.2. The third kappa shape index (κ3) is 2.32. The zero-order valence-corrected chi connectivity index (χ0v) is 7.80. The Morgan fingerprint density at radius 3 is 2.71 bits per heavy atom. The zero-order chi connectivity index (χ0) is 10.7. The molecule has 76 valence electrons. The molecule has 0 aliphatic heterocycles. The summed E-state index contributed by atoms with van der Waals surface area (Å²) in [6.07, 6.45) is -0.119. The number of ether oxygens (including phenoxy) is 1. The molecule has 1 heterocycles. The summed E-state index contributed by atoms with van der Waals surface area (Å²) >= 11 is 0. The molecule has 1 N–H and O–H groups in total. The lowest BCUT2D eigenvalue weighted by atomic mass is 10.4. The smallest absolute Gasteiger partial charge is 0.409 e. The van der Waals surface area contributed by atoms with Crippen molar-refractivity contribution in [1.29, 1.82) is 0 Å². The van der Waals surface area contributed by atoms with Crippen LogP contribution in [-0.2, 0) is 0 Å². The summed E-state index contributed by atoms with van der Waals surface area (Å²) < 4.78 is 5.13. The Labute approximate surface area is 80.3 Å². The van der Waals surface area contributed by atoms with E-state index in [1.54, 1.807) is 13.8 Å². The Balaban J connectivity index is 3.00. The molecule has 0 aromatic carbocycles. The standard InChI is InChI=1S/C8H10N2O4/c1-5(2)14-7-4-3-6(11)8(9-7)10(12)13/h3-5,11H,1-2H3. The summed E-state index contributed by atoms with van der Waals surface area (Å²) in [6, 6.07) is 2.56. The molecular weight excluding hydrogens is 188 g/mol. The van der Waals surface area contributed by atoms with E-state index in [0.717, 1.165) is 0 Å². The Kier molecular flexibility index (Phi) is 2.85. The van der Waals surface area contributed by atoms with Crippen LogP contribution >= 0.6 is 0 Å². The van der Waals surface area contributed by atoms with Crippen LogP contribution in [-0.4, -0.2) is 21.1 Å². The molecule has 6 nitrogen and oxygen atoms in total. The van der Waals surface area contributed by atoms with E-state index in [2.05, 4.69) is 4.98 Å². The SMILES string of the molecule is CC(C)Oc1ccc(O)c([N+](=O)[O-])n1. The second kappa shape index (κ2) is 3.91. The lowest BCUT2D eigenvalue weighted by Crippen LogP contribution is -2.07. The van der Waals surface area contributed by atoms with Crippen LogP contribution in [0.1, 0.15) is 13.8 Å². The number of nitro groups is 1. The summed E-state index contributed by atoms with van der Waals surface area (Å²) in [5.41, 5.74) is 0. The van der Waals surface area contributed by atoms with Crippen LogP contribution in [0.5, 0.6) is 11.6 Å². The van der Waals surface area contributed by atoms with E-state index >= 15 is 0 Å². The van der Waals surface area contributed by atoms with E-state index in [0.29, 0.717) is 0 Å². The molecule has 6 heteroatoms. The maximum atomic E-state index is 10.4. The number of aromatic nitrogens is 1. The van der Waals surface area contributed by atoms with Crippen molar-refractivity contribution in [3.8, 4) is 11.6 Å². The Bertz CT molecular complexity index is 351. The lowest BCUT2D eigenvalue weighted by Gasteiger charge is -2.04. The quantitative estimate of drug-likeness (QED) is 0.587. The maximum absolute atomic E-state index is 10.4. The van der Waals surface area contributed by atoms with Gasteiger partial charge in [0.1, 0.15) is 0 Å². The Morgan fingerprint density at radius 1 is 1.57 bits per heavy atom. The molecule has 0 amide bonds. The highest BCUT2D eigenvalue weighted by molar-refractivity contribution is 5.40. The van der Waals surface area contributed by atoms with Crippen LogP contribution in [0.4, 0.5) is 5.82 Å². The van der Waals surface area contributed by atoms with Gasteiger partial charge in [0.15, 0.2) is 0 Å². The van der Waals surface area contributed by atoms with Crippen molar-refractivity contribution in [1.82, 2.24) is 4.98 Å². The van der Waals surface area contributed by atoms with Gasteiger partial charge in [-0.25, -0.2) is 0 Å². The molecule has 1 aromatic rings. The molecule has 1 rings (SSSR count). The summed E-state index contributed by atoms with van der Waals surface area (Å²) in [4.78, 5) is 13.2. The third-order valence-corrected chi connectivity index (χ3v) is 1.36. The fourth-order valence-corrected chi connectivity index (χ4v) is 0.865. The summed E-state index contributed by atoms with van der Waals surface area (Å²) in [6.45, 7) is 3.56. The molecule has 0 atom stereocenters. The molecule has 0 fully saturated rings. The minimum absolute atomic E-state index is 0.119. The first-order valence-corrected chi connectivity index (χ1v) is 4.01. The number of hydrogen-bond acceptors (Lipinski definition) is 5. The van der Waals surface area contributed by atoms with Crippen molar-refractivity contribution < 1.29 is 14.8 Å². The van der Waals surface area contributed by atoms with Gasteiger partial charge >= 0.3 is 11.7 Å². The maximum Gasteiger partial charge on any atom is 0.409 e. The molecule has 0 saturated carbocycles. The van der Waals surface area contributed by atoms with E-state index in [4.69, 9.17) is 9.84 Å². The number of pyridine rings is 1. The summed E-state index contributed by atoms with van der Waals surface area (Å²) in [5, 5.41) is 19.5. The topological polar surface area (TPSA) is 85.5 Å². The fourth-order valence-electron chi connectivity index (χ4n) is 0.865. The molecular formula is C8H10N2O4. The van der Waals surface area contributed by atoms with E-state index in [1.165, 1.54) is 12.1 Å². The van der Waals surface area contributed by atoms with Crippen molar-refractivity contribution in [2.45, 2.75) is 20.0 Å². The van der Waals surface area contributed by atoms with Crippen LogP contribution in [0.2, 0.25) is 0 Å². The van der Waals surface area contributed by atoms with E-state index in [-0.39, 0.29) is 12.0 Å². The fraction of sp³-hybridized carbons (Fsp3) is 0.375. The minimum Gasteiger partial charge on any atom is -0.501 e. The van der Waals surface area contributed by atoms with Crippen molar-refractivity contribution in [2.24, 2.45) is 0 Å². The van der Waals surface area contributed by atoms with Crippen molar-refractivity contribution in [3.05, 3.63) is 22.2 Å². The highest BCUT2D eigenvalue weighted by Gasteiger charge is 2.17. The van der Waals surface area contributed by atoms with Crippen LogP contribution < -0.4 is 4.74 Å². The number of aromatic hydroxyl groups is 1. The number of nitrogens with zero attached hydrogens (tertiary/aromatic N) is 2. The van der Waals surface area contributed by atoms with Gasteiger partial charge in [0.25, 0.3) is 0 Å². The molecule has 0 spiro atoms. The van der Waals surface area contributed by atoms with Crippen LogP contribution in [0.15, 0.2) is 12.1 Å². The molecule has 0 radical (unpaired) electrons. The predicted octanol–water partition coefficient (Wildman–Crippen LogP) is 1.48. The zero-order valence-electron chi connectivity index (χ0n) is 7.80. The average Bonchev–Trinajstić information content (AvgIpc) is 2.07. The molecule has 14 heavy (non-hydrogen) atoms. The van der Waals surface area contributed by atoms with Crippen LogP contribution in [0, 0.1) is 10.1 Å². The summed E-state index contributed by atoms with van der Waals surface area (Å²) in [5.74, 6) is -0.932. The van der Waals surface area contributed by atoms with Gasteiger partial charge in [-0.2, -0.15) is 0 Å². The number of hydrogen-bond donors (Lipinski definition) is 1. The Hall–Kier alpha value is -1.85. The first kappa shape index (κ1) is 10.2. The van der Waals surface area contributed by atoms with Gasteiger partial charge < -0.3 is 20.0 Å². The van der Waals surface area contributed by atoms with Crippen LogP contribution in [0.3, 0.4) is 0 Å². The van der Waals surface area contributed by atoms with Gasteiger partial charge in [0, 0.05) is 11.1 Å². The second-order valence-electron chi connectivity index (χ2n) is 2.92. The highest BCUT2D eigenvalue weighted by atomic mass is 16.6. The molecule has 0 saturated heterocycles. The van der Waals surface area contributed by atoms with Crippen molar-refractivity contribution >= 4 is 5.82 Å².